The van der Waals surface area contributed by atoms with E-state index in [1.54, 1.807) is 40.9 Å². The maximum absolute atomic E-state index is 12.3. The summed E-state index contributed by atoms with van der Waals surface area (Å²) < 4.78 is 42.1. The second-order valence-electron chi connectivity index (χ2n) is 6.72. The zero-order chi connectivity index (χ0) is 21.8. The van der Waals surface area contributed by atoms with Crippen LogP contribution in [0.25, 0.3) is 17.1 Å². The van der Waals surface area contributed by atoms with Crippen LogP contribution >= 0.6 is 11.8 Å². The monoisotopic (exact) mass is 449 g/mol. The van der Waals surface area contributed by atoms with Crippen LogP contribution in [0, 0.1) is 0 Å². The Morgan fingerprint density at radius 1 is 1.10 bits per heavy atom. The Morgan fingerprint density at radius 2 is 1.84 bits per heavy atom. The van der Waals surface area contributed by atoms with E-state index in [0.717, 1.165) is 24.3 Å². The van der Waals surface area contributed by atoms with E-state index in [4.69, 9.17) is 0 Å². The first kappa shape index (κ1) is 21.0. The van der Waals surface area contributed by atoms with Crippen molar-refractivity contribution < 1.29 is 22.7 Å². The molecule has 4 rings (SSSR count). The summed E-state index contributed by atoms with van der Waals surface area (Å²) in [6, 6.07) is 12.3. The number of hydrogen-bond donors (Lipinski definition) is 1. The molecule has 2 amide bonds. The number of alkyl halides is 3. The SMILES string of the molecule is O=C(Nc1ccc(-c2ncn(-c3ccc(OC(F)(F)F)cc3)n2)cc1)N1CCCSC1. The molecular weight excluding hydrogens is 431 g/mol. The molecule has 2 heterocycles. The Bertz CT molecular complexity index is 1030. The number of carbonyl (C=O) groups excluding carboxylic acids is 1. The molecule has 0 aliphatic carbocycles. The Morgan fingerprint density at radius 3 is 2.48 bits per heavy atom. The number of rotatable bonds is 4. The maximum atomic E-state index is 12.3. The van der Waals surface area contributed by atoms with Crippen molar-refractivity contribution in [2.24, 2.45) is 0 Å². The molecule has 31 heavy (non-hydrogen) atoms. The second kappa shape index (κ2) is 8.88. The zero-order valence-corrected chi connectivity index (χ0v) is 17.0. The van der Waals surface area contributed by atoms with Gasteiger partial charge in [-0.25, -0.2) is 14.5 Å². The van der Waals surface area contributed by atoms with Crippen LogP contribution in [-0.4, -0.2) is 50.2 Å². The predicted octanol–water partition coefficient (Wildman–Crippen LogP) is 4.76. The molecule has 1 aliphatic rings. The van der Waals surface area contributed by atoms with E-state index in [2.05, 4.69) is 20.1 Å². The van der Waals surface area contributed by atoms with Gasteiger partial charge in [0.25, 0.3) is 0 Å². The van der Waals surface area contributed by atoms with Crippen LogP contribution in [0.1, 0.15) is 6.42 Å². The van der Waals surface area contributed by atoms with E-state index in [1.807, 2.05) is 0 Å². The summed E-state index contributed by atoms with van der Waals surface area (Å²) in [6.45, 7) is 0.752. The molecule has 1 aliphatic heterocycles. The summed E-state index contributed by atoms with van der Waals surface area (Å²) in [5, 5.41) is 7.24. The van der Waals surface area contributed by atoms with Gasteiger partial charge in [0.2, 0.25) is 0 Å². The van der Waals surface area contributed by atoms with Gasteiger partial charge in [-0.2, -0.15) is 0 Å². The fourth-order valence-corrected chi connectivity index (χ4v) is 3.91. The first-order valence-corrected chi connectivity index (χ1v) is 10.5. The number of hydrogen-bond acceptors (Lipinski definition) is 5. The Labute approximate surface area is 180 Å². The summed E-state index contributed by atoms with van der Waals surface area (Å²) in [5.74, 6) is 1.90. The number of thioether (sulfide) groups is 1. The molecule has 1 aromatic heterocycles. The highest BCUT2D eigenvalue weighted by Crippen LogP contribution is 2.24. The zero-order valence-electron chi connectivity index (χ0n) is 16.2. The third-order valence-corrected chi connectivity index (χ3v) is 5.54. The van der Waals surface area contributed by atoms with Gasteiger partial charge in [-0.1, -0.05) is 0 Å². The van der Waals surface area contributed by atoms with Gasteiger partial charge in [0.1, 0.15) is 12.1 Å². The van der Waals surface area contributed by atoms with E-state index >= 15 is 0 Å². The van der Waals surface area contributed by atoms with Gasteiger partial charge in [0.05, 0.1) is 11.6 Å². The van der Waals surface area contributed by atoms with Crippen LogP contribution in [0.2, 0.25) is 0 Å². The summed E-state index contributed by atoms with van der Waals surface area (Å²) in [7, 11) is 0. The van der Waals surface area contributed by atoms with Gasteiger partial charge >= 0.3 is 12.4 Å². The predicted molar refractivity (Wildman–Crippen MR) is 111 cm³/mol. The highest BCUT2D eigenvalue weighted by Gasteiger charge is 2.31. The highest BCUT2D eigenvalue weighted by atomic mass is 32.2. The minimum absolute atomic E-state index is 0.125. The Balaban J connectivity index is 1.41. The van der Waals surface area contributed by atoms with Gasteiger partial charge < -0.3 is 15.0 Å². The molecule has 0 saturated carbocycles. The number of nitrogens with one attached hydrogen (secondary N) is 1. The molecule has 1 N–H and O–H groups in total. The lowest BCUT2D eigenvalue weighted by atomic mass is 10.2. The van der Waals surface area contributed by atoms with Gasteiger partial charge in [0, 0.05) is 17.8 Å². The summed E-state index contributed by atoms with van der Waals surface area (Å²) >= 11 is 1.73. The molecule has 3 aromatic rings. The summed E-state index contributed by atoms with van der Waals surface area (Å²) in [5.41, 5.74) is 1.95. The fourth-order valence-electron chi connectivity index (χ4n) is 2.98. The first-order chi connectivity index (χ1) is 14.9. The van der Waals surface area contributed by atoms with Crippen LogP contribution in [-0.2, 0) is 0 Å². The van der Waals surface area contributed by atoms with Crippen LogP contribution < -0.4 is 10.1 Å². The number of nitrogens with zero attached hydrogens (tertiary/aromatic N) is 4. The molecule has 7 nitrogen and oxygen atoms in total. The standard InChI is InChI=1S/C20H18F3N5O2S/c21-20(22,23)30-17-8-6-16(7-9-17)28-12-24-18(26-28)14-2-4-15(5-3-14)25-19(29)27-10-1-11-31-13-27/h2-9,12H,1,10-11,13H2,(H,25,29). The van der Waals surface area contributed by atoms with E-state index in [0.29, 0.717) is 23.1 Å². The normalized spacial score (nSPS) is 14.4. The van der Waals surface area contributed by atoms with Crippen molar-refractivity contribution >= 4 is 23.5 Å². The third kappa shape index (κ3) is 5.48. The molecule has 2 aromatic carbocycles. The van der Waals surface area contributed by atoms with Crippen molar-refractivity contribution in [3.8, 4) is 22.8 Å². The third-order valence-electron chi connectivity index (χ3n) is 4.47. The van der Waals surface area contributed by atoms with Crippen molar-refractivity contribution in [2.45, 2.75) is 12.8 Å². The lowest BCUT2D eigenvalue weighted by Gasteiger charge is -2.26. The number of carbonyl (C=O) groups is 1. The quantitative estimate of drug-likeness (QED) is 0.622. The van der Waals surface area contributed by atoms with E-state index in [-0.39, 0.29) is 11.8 Å². The molecular formula is C20H18F3N5O2S. The second-order valence-corrected chi connectivity index (χ2v) is 7.79. The van der Waals surface area contributed by atoms with Crippen LogP contribution in [0.4, 0.5) is 23.7 Å². The van der Waals surface area contributed by atoms with Crippen LogP contribution in [0.15, 0.2) is 54.9 Å². The fraction of sp³-hybridized carbons (Fsp3) is 0.250. The lowest BCUT2D eigenvalue weighted by molar-refractivity contribution is -0.274. The van der Waals surface area contributed by atoms with Gasteiger partial charge in [-0.05, 0) is 60.7 Å². The average Bonchev–Trinajstić information content (AvgIpc) is 3.24. The number of anilines is 1. The molecule has 11 heteroatoms. The molecule has 162 valence electrons. The van der Waals surface area contributed by atoms with Crippen LogP contribution in [0.3, 0.4) is 0 Å². The van der Waals surface area contributed by atoms with Crippen molar-refractivity contribution in [3.63, 3.8) is 0 Å². The number of ether oxygens (including phenoxy) is 1. The number of amides is 2. The highest BCUT2D eigenvalue weighted by molar-refractivity contribution is 7.99. The molecule has 0 bridgehead atoms. The van der Waals surface area contributed by atoms with Crippen LogP contribution in [0.5, 0.6) is 5.75 Å². The average molecular weight is 449 g/mol. The maximum Gasteiger partial charge on any atom is 0.573 e. The van der Waals surface area contributed by atoms with Crippen molar-refractivity contribution in [1.29, 1.82) is 0 Å². The smallest absolute Gasteiger partial charge is 0.406 e. The van der Waals surface area contributed by atoms with Gasteiger partial charge in [0.15, 0.2) is 5.82 Å². The van der Waals surface area contributed by atoms with Gasteiger partial charge in [-0.3, -0.25) is 0 Å². The lowest BCUT2D eigenvalue weighted by Crippen LogP contribution is -2.37. The van der Waals surface area contributed by atoms with E-state index in [9.17, 15) is 18.0 Å². The van der Waals surface area contributed by atoms with E-state index in [1.165, 1.54) is 35.3 Å². The molecule has 0 unspecified atom stereocenters. The number of benzene rings is 2. The summed E-state index contributed by atoms with van der Waals surface area (Å²) in [4.78, 5) is 18.3. The Hall–Kier alpha value is -3.21. The number of aromatic nitrogens is 3. The minimum Gasteiger partial charge on any atom is -0.406 e. The number of halogens is 3. The number of urea groups is 1. The summed E-state index contributed by atoms with van der Waals surface area (Å²) in [6.07, 6.45) is -2.28. The molecule has 0 atom stereocenters. The molecule has 1 fully saturated rings. The van der Waals surface area contributed by atoms with Crippen molar-refractivity contribution in [3.05, 3.63) is 54.9 Å². The van der Waals surface area contributed by atoms with E-state index < -0.39 is 6.36 Å². The molecule has 0 spiro atoms. The first-order valence-electron chi connectivity index (χ1n) is 9.39. The van der Waals surface area contributed by atoms with Crippen molar-refractivity contribution in [2.75, 3.05) is 23.5 Å². The Kier molecular flexibility index (Phi) is 6.03. The minimum atomic E-state index is -4.74. The molecule has 1 saturated heterocycles. The van der Waals surface area contributed by atoms with Gasteiger partial charge in [-0.15, -0.1) is 30.0 Å². The largest absolute Gasteiger partial charge is 0.573 e. The van der Waals surface area contributed by atoms with Crippen molar-refractivity contribution in [1.82, 2.24) is 19.7 Å². The topological polar surface area (TPSA) is 72.3 Å². The molecule has 0 radical (unpaired) electrons.